The summed E-state index contributed by atoms with van der Waals surface area (Å²) >= 11 is 0. The van der Waals surface area contributed by atoms with Crippen LogP contribution in [0.4, 0.5) is 0 Å². The van der Waals surface area contributed by atoms with Gasteiger partial charge in [-0.05, 0) is 41.8 Å². The van der Waals surface area contributed by atoms with Gasteiger partial charge in [-0.2, -0.15) is 0 Å². The van der Waals surface area contributed by atoms with Crippen LogP contribution in [-0.4, -0.2) is 56.3 Å². The van der Waals surface area contributed by atoms with Crippen molar-refractivity contribution in [2.24, 2.45) is 0 Å². The van der Waals surface area contributed by atoms with Gasteiger partial charge in [0.15, 0.2) is 0 Å². The molecule has 3 aromatic rings. The number of hydrogen-bond acceptors (Lipinski definition) is 4. The molecule has 1 amide bonds. The number of amides is 1. The lowest BCUT2D eigenvalue weighted by Gasteiger charge is -2.40. The third-order valence-corrected chi connectivity index (χ3v) is 8.08. The molecule has 1 heterocycles. The lowest BCUT2D eigenvalue weighted by Crippen LogP contribution is -2.53. The molecule has 2 aliphatic rings. The molecule has 0 unspecified atom stereocenters. The van der Waals surface area contributed by atoms with Gasteiger partial charge >= 0.3 is 0 Å². The van der Waals surface area contributed by atoms with Crippen LogP contribution in [0.1, 0.15) is 27.5 Å². The van der Waals surface area contributed by atoms with Crippen molar-refractivity contribution in [2.75, 3.05) is 26.2 Å². The molecular formula is C26H27N3O3S. The second kappa shape index (κ2) is 9.09. The minimum Gasteiger partial charge on any atom is -0.336 e. The lowest BCUT2D eigenvalue weighted by molar-refractivity contribution is 0.0545. The van der Waals surface area contributed by atoms with Crippen molar-refractivity contribution in [1.82, 2.24) is 14.5 Å². The topological polar surface area (TPSA) is 69.7 Å². The lowest BCUT2D eigenvalue weighted by atomic mass is 10.0. The highest BCUT2D eigenvalue weighted by Crippen LogP contribution is 2.37. The van der Waals surface area contributed by atoms with Crippen molar-refractivity contribution in [3.05, 3.63) is 102 Å². The number of nitrogens with zero attached hydrogens (tertiary/aromatic N) is 2. The molecule has 0 aromatic heterocycles. The number of hydrogen-bond donors (Lipinski definition) is 1. The Morgan fingerprint density at radius 3 is 2.09 bits per heavy atom. The Hall–Kier alpha value is -3.00. The standard InChI is InChI=1S/C26H27N3O3S/c30-26(20-9-3-1-4-10-20)29-17-15-28(16-18-29)25-23-14-8-7-11-21(23)19-24(25)27-33(31,32)22-12-5-2-6-13-22/h1-14,24-25,27H,15-19H2/t24-,25+/m0/s1. The number of benzene rings is 3. The van der Waals surface area contributed by atoms with E-state index in [1.54, 1.807) is 24.3 Å². The summed E-state index contributed by atoms with van der Waals surface area (Å²) in [6.45, 7) is 2.62. The number of piperazine rings is 1. The zero-order valence-electron chi connectivity index (χ0n) is 18.3. The molecule has 2 atom stereocenters. The SMILES string of the molecule is O=C(c1ccccc1)N1CCN([C@@H]2c3ccccc3C[C@@H]2NS(=O)(=O)c2ccccc2)CC1. The molecule has 1 N–H and O–H groups in total. The summed E-state index contributed by atoms with van der Waals surface area (Å²) in [5.41, 5.74) is 3.04. The van der Waals surface area contributed by atoms with Crippen LogP contribution in [0.3, 0.4) is 0 Å². The molecule has 6 nitrogen and oxygen atoms in total. The van der Waals surface area contributed by atoms with Crippen LogP contribution in [0.15, 0.2) is 89.8 Å². The molecule has 1 aliphatic carbocycles. The largest absolute Gasteiger partial charge is 0.336 e. The Kier molecular flexibility index (Phi) is 6.01. The van der Waals surface area contributed by atoms with Gasteiger partial charge in [-0.25, -0.2) is 13.1 Å². The molecule has 170 valence electrons. The first-order valence-electron chi connectivity index (χ1n) is 11.3. The summed E-state index contributed by atoms with van der Waals surface area (Å²) in [5.74, 6) is 0.0448. The van der Waals surface area contributed by atoms with Gasteiger partial charge in [-0.15, -0.1) is 0 Å². The van der Waals surface area contributed by atoms with Gasteiger partial charge in [0.25, 0.3) is 5.91 Å². The minimum absolute atomic E-state index is 0.0448. The van der Waals surface area contributed by atoms with E-state index in [2.05, 4.69) is 21.8 Å². The van der Waals surface area contributed by atoms with Gasteiger partial charge in [0.05, 0.1) is 10.9 Å². The fraction of sp³-hybridized carbons (Fsp3) is 0.269. The van der Waals surface area contributed by atoms with E-state index in [-0.39, 0.29) is 22.9 Å². The van der Waals surface area contributed by atoms with Crippen molar-refractivity contribution in [3.8, 4) is 0 Å². The molecule has 1 fully saturated rings. The van der Waals surface area contributed by atoms with Crippen LogP contribution < -0.4 is 4.72 Å². The predicted octanol–water partition coefficient (Wildman–Crippen LogP) is 3.09. The maximum absolute atomic E-state index is 13.1. The first kappa shape index (κ1) is 21.8. The smallest absolute Gasteiger partial charge is 0.253 e. The van der Waals surface area contributed by atoms with E-state index in [9.17, 15) is 13.2 Å². The highest BCUT2D eigenvalue weighted by molar-refractivity contribution is 7.89. The number of carbonyl (C=O) groups excluding carboxylic acids is 1. The zero-order valence-corrected chi connectivity index (χ0v) is 19.1. The molecule has 0 radical (unpaired) electrons. The van der Waals surface area contributed by atoms with Crippen LogP contribution >= 0.6 is 0 Å². The number of nitrogens with one attached hydrogen (secondary N) is 1. The van der Waals surface area contributed by atoms with Crippen LogP contribution in [0.25, 0.3) is 0 Å². The molecule has 3 aromatic carbocycles. The summed E-state index contributed by atoms with van der Waals surface area (Å²) in [6, 6.07) is 25.7. The Labute approximate surface area is 194 Å². The minimum atomic E-state index is -3.63. The Morgan fingerprint density at radius 1 is 0.788 bits per heavy atom. The fourth-order valence-electron chi connectivity index (χ4n) is 4.96. The van der Waals surface area contributed by atoms with Gasteiger partial charge in [0.1, 0.15) is 0 Å². The van der Waals surface area contributed by atoms with E-state index in [0.717, 1.165) is 0 Å². The quantitative estimate of drug-likeness (QED) is 0.634. The molecule has 0 bridgehead atoms. The van der Waals surface area contributed by atoms with Gasteiger partial charge in [-0.1, -0.05) is 60.7 Å². The molecule has 1 aliphatic heterocycles. The average Bonchev–Trinajstić information content (AvgIpc) is 3.22. The fourth-order valence-corrected chi connectivity index (χ4v) is 6.23. The number of sulfonamides is 1. The van der Waals surface area contributed by atoms with Crippen molar-refractivity contribution >= 4 is 15.9 Å². The van der Waals surface area contributed by atoms with Gasteiger partial charge < -0.3 is 4.90 Å². The zero-order chi connectivity index (χ0) is 22.8. The van der Waals surface area contributed by atoms with Crippen LogP contribution in [0, 0.1) is 0 Å². The monoisotopic (exact) mass is 461 g/mol. The number of rotatable bonds is 5. The molecule has 5 rings (SSSR count). The highest BCUT2D eigenvalue weighted by atomic mass is 32.2. The second-order valence-electron chi connectivity index (χ2n) is 8.58. The molecule has 33 heavy (non-hydrogen) atoms. The number of fused-ring (bicyclic) bond motifs is 1. The van der Waals surface area contributed by atoms with Gasteiger partial charge in [0, 0.05) is 37.8 Å². The van der Waals surface area contributed by atoms with E-state index in [1.807, 2.05) is 53.4 Å². The molecule has 0 saturated carbocycles. The Balaban J connectivity index is 1.34. The molecule has 1 saturated heterocycles. The van der Waals surface area contributed by atoms with Crippen molar-refractivity contribution in [2.45, 2.75) is 23.4 Å². The van der Waals surface area contributed by atoms with E-state index in [4.69, 9.17) is 0 Å². The Bertz CT molecular complexity index is 1220. The van der Waals surface area contributed by atoms with E-state index < -0.39 is 10.0 Å². The summed E-state index contributed by atoms with van der Waals surface area (Å²) in [6.07, 6.45) is 0.649. The van der Waals surface area contributed by atoms with Gasteiger partial charge in [0.2, 0.25) is 10.0 Å². The molecule has 0 spiro atoms. The van der Waals surface area contributed by atoms with Crippen molar-refractivity contribution < 1.29 is 13.2 Å². The van der Waals surface area contributed by atoms with Crippen molar-refractivity contribution in [3.63, 3.8) is 0 Å². The van der Waals surface area contributed by atoms with Crippen LogP contribution in [-0.2, 0) is 16.4 Å². The average molecular weight is 462 g/mol. The van der Waals surface area contributed by atoms with E-state index >= 15 is 0 Å². The van der Waals surface area contributed by atoms with Gasteiger partial charge in [-0.3, -0.25) is 9.69 Å². The molecule has 7 heteroatoms. The maximum Gasteiger partial charge on any atom is 0.253 e. The predicted molar refractivity (Wildman–Crippen MR) is 127 cm³/mol. The van der Waals surface area contributed by atoms with Crippen LogP contribution in [0.5, 0.6) is 0 Å². The molecular weight excluding hydrogens is 434 g/mol. The highest BCUT2D eigenvalue weighted by Gasteiger charge is 2.40. The summed E-state index contributed by atoms with van der Waals surface area (Å²) in [7, 11) is -3.63. The third kappa shape index (κ3) is 4.44. The first-order valence-corrected chi connectivity index (χ1v) is 12.7. The van der Waals surface area contributed by atoms with Crippen LogP contribution in [0.2, 0.25) is 0 Å². The summed E-state index contributed by atoms with van der Waals surface area (Å²) in [5, 5.41) is 0. The first-order chi connectivity index (χ1) is 16.0. The van der Waals surface area contributed by atoms with Crippen molar-refractivity contribution in [1.29, 1.82) is 0 Å². The van der Waals surface area contributed by atoms with E-state index in [0.29, 0.717) is 38.2 Å². The second-order valence-corrected chi connectivity index (χ2v) is 10.3. The normalized spacial score (nSPS) is 21.0. The number of carbonyl (C=O) groups is 1. The van der Waals surface area contributed by atoms with E-state index in [1.165, 1.54) is 11.1 Å². The maximum atomic E-state index is 13.1. The Morgan fingerprint density at radius 2 is 1.39 bits per heavy atom. The third-order valence-electron chi connectivity index (χ3n) is 6.57. The summed E-state index contributed by atoms with van der Waals surface area (Å²) in [4.78, 5) is 17.3. The summed E-state index contributed by atoms with van der Waals surface area (Å²) < 4.78 is 29.1.